The molecule has 0 spiro atoms. The lowest BCUT2D eigenvalue weighted by Gasteiger charge is -2.22. The predicted octanol–water partition coefficient (Wildman–Crippen LogP) is 5.18. The summed E-state index contributed by atoms with van der Waals surface area (Å²) in [4.78, 5) is 0. The smallest absolute Gasteiger partial charge is 0.169 e. The predicted molar refractivity (Wildman–Crippen MR) is 82.3 cm³/mol. The monoisotopic (exact) mass is 341 g/mol. The fraction of sp³-hybridized carbons (Fsp3) is 0.333. The lowest BCUT2D eigenvalue weighted by atomic mass is 9.96. The highest BCUT2D eigenvalue weighted by atomic mass is 79.9. The highest BCUT2D eigenvalue weighted by Gasteiger charge is 2.15. The van der Waals surface area contributed by atoms with Gasteiger partial charge in [0.05, 0.1) is 6.54 Å². The van der Waals surface area contributed by atoms with Crippen molar-refractivity contribution in [2.24, 2.45) is 5.92 Å². The van der Waals surface area contributed by atoms with E-state index in [0.29, 0.717) is 12.5 Å². The maximum atomic E-state index is 5.93. The molecule has 2 rings (SSSR count). The molecule has 2 aromatic rings. The van der Waals surface area contributed by atoms with Crippen molar-refractivity contribution in [3.8, 4) is 0 Å². The Kier molecular flexibility index (Phi) is 5.08. The number of hydrogen-bond donors (Lipinski definition) is 1. The first-order valence-corrected chi connectivity index (χ1v) is 7.46. The van der Waals surface area contributed by atoms with E-state index in [1.165, 1.54) is 5.56 Å². The first kappa shape index (κ1) is 14.6. The second-order valence-corrected chi connectivity index (χ2v) is 6.08. The molecule has 1 heterocycles. The highest BCUT2D eigenvalue weighted by molar-refractivity contribution is 9.10. The summed E-state index contributed by atoms with van der Waals surface area (Å²) in [6.07, 6.45) is 0. The molecule has 1 atom stereocenters. The molecule has 0 bridgehead atoms. The molecule has 0 fully saturated rings. The van der Waals surface area contributed by atoms with E-state index in [0.717, 1.165) is 15.5 Å². The topological polar surface area (TPSA) is 25.2 Å². The van der Waals surface area contributed by atoms with Crippen LogP contribution in [-0.4, -0.2) is 0 Å². The first-order chi connectivity index (χ1) is 9.06. The van der Waals surface area contributed by atoms with Crippen LogP contribution in [0.2, 0.25) is 5.02 Å². The summed E-state index contributed by atoms with van der Waals surface area (Å²) in [6, 6.07) is 12.1. The Hall–Kier alpha value is -0.770. The molecule has 0 saturated carbocycles. The summed E-state index contributed by atoms with van der Waals surface area (Å²) in [6.45, 7) is 5.10. The third-order valence-corrected chi connectivity index (χ3v) is 3.70. The van der Waals surface area contributed by atoms with Gasteiger partial charge in [0.25, 0.3) is 0 Å². The molecule has 19 heavy (non-hydrogen) atoms. The van der Waals surface area contributed by atoms with Crippen molar-refractivity contribution in [2.75, 3.05) is 0 Å². The number of nitrogens with one attached hydrogen (secondary N) is 1. The van der Waals surface area contributed by atoms with E-state index >= 15 is 0 Å². The van der Waals surface area contributed by atoms with Crippen LogP contribution in [0.1, 0.15) is 31.2 Å². The van der Waals surface area contributed by atoms with E-state index < -0.39 is 0 Å². The molecular weight excluding hydrogens is 326 g/mol. The summed E-state index contributed by atoms with van der Waals surface area (Å²) < 4.78 is 6.26. The van der Waals surface area contributed by atoms with Crippen LogP contribution in [0.3, 0.4) is 0 Å². The minimum absolute atomic E-state index is 0.279. The number of hydrogen-bond acceptors (Lipinski definition) is 2. The van der Waals surface area contributed by atoms with Crippen molar-refractivity contribution in [1.82, 2.24) is 5.32 Å². The van der Waals surface area contributed by atoms with Crippen molar-refractivity contribution in [3.05, 3.63) is 57.4 Å². The number of halogens is 2. The van der Waals surface area contributed by atoms with Crippen LogP contribution in [0.15, 0.2) is 45.5 Å². The van der Waals surface area contributed by atoms with E-state index in [-0.39, 0.29) is 6.04 Å². The van der Waals surface area contributed by atoms with Crippen LogP contribution >= 0.6 is 27.5 Å². The summed E-state index contributed by atoms with van der Waals surface area (Å²) in [7, 11) is 0. The Balaban J connectivity index is 2.06. The molecule has 1 unspecified atom stereocenters. The van der Waals surface area contributed by atoms with E-state index in [2.05, 4.69) is 47.2 Å². The quantitative estimate of drug-likeness (QED) is 0.809. The first-order valence-electron chi connectivity index (χ1n) is 6.29. The molecule has 0 aliphatic rings. The van der Waals surface area contributed by atoms with Gasteiger partial charge in [-0.05, 0) is 51.7 Å². The number of benzene rings is 1. The van der Waals surface area contributed by atoms with Gasteiger partial charge in [-0.15, -0.1) is 0 Å². The lowest BCUT2D eigenvalue weighted by molar-refractivity contribution is 0.380. The molecule has 1 N–H and O–H groups in total. The maximum Gasteiger partial charge on any atom is 0.169 e. The molecule has 0 aliphatic carbocycles. The van der Waals surface area contributed by atoms with Crippen molar-refractivity contribution in [1.29, 1.82) is 0 Å². The Bertz CT molecular complexity index is 521. The average molecular weight is 343 g/mol. The van der Waals surface area contributed by atoms with E-state index in [1.807, 2.05) is 24.3 Å². The van der Waals surface area contributed by atoms with Crippen LogP contribution in [0.25, 0.3) is 0 Å². The van der Waals surface area contributed by atoms with Gasteiger partial charge in [-0.3, -0.25) is 0 Å². The molecule has 0 saturated heterocycles. The highest BCUT2D eigenvalue weighted by Crippen LogP contribution is 2.24. The average Bonchev–Trinajstić information content (AvgIpc) is 2.77. The fourth-order valence-electron chi connectivity index (χ4n) is 2.07. The van der Waals surface area contributed by atoms with E-state index in [1.54, 1.807) is 0 Å². The zero-order valence-corrected chi connectivity index (χ0v) is 13.3. The minimum atomic E-state index is 0.279. The number of furan rings is 1. The summed E-state index contributed by atoms with van der Waals surface area (Å²) in [5, 5.41) is 4.29. The van der Waals surface area contributed by atoms with Crippen LogP contribution in [0.5, 0.6) is 0 Å². The van der Waals surface area contributed by atoms with E-state index in [4.69, 9.17) is 16.0 Å². The zero-order chi connectivity index (χ0) is 13.8. The van der Waals surface area contributed by atoms with Crippen molar-refractivity contribution in [3.63, 3.8) is 0 Å². The summed E-state index contributed by atoms with van der Waals surface area (Å²) in [5.74, 6) is 1.41. The van der Waals surface area contributed by atoms with E-state index in [9.17, 15) is 0 Å². The Morgan fingerprint density at radius 3 is 2.37 bits per heavy atom. The van der Waals surface area contributed by atoms with Gasteiger partial charge >= 0.3 is 0 Å². The minimum Gasteiger partial charge on any atom is -0.453 e. The lowest BCUT2D eigenvalue weighted by Crippen LogP contribution is -2.25. The molecule has 0 radical (unpaired) electrons. The SMILES string of the molecule is CC(C)C(NCc1ccc(Br)o1)c1ccc(Cl)cc1. The van der Waals surface area contributed by atoms with Crippen LogP contribution in [0, 0.1) is 5.92 Å². The van der Waals surface area contributed by atoms with Gasteiger partial charge in [0.1, 0.15) is 5.76 Å². The van der Waals surface area contributed by atoms with Gasteiger partial charge in [0.2, 0.25) is 0 Å². The summed E-state index contributed by atoms with van der Waals surface area (Å²) >= 11 is 9.24. The second-order valence-electron chi connectivity index (χ2n) is 4.86. The second kappa shape index (κ2) is 6.60. The van der Waals surface area contributed by atoms with Gasteiger partial charge < -0.3 is 9.73 Å². The van der Waals surface area contributed by atoms with Gasteiger partial charge in [-0.2, -0.15) is 0 Å². The molecule has 1 aromatic carbocycles. The van der Waals surface area contributed by atoms with Crippen LogP contribution in [-0.2, 0) is 6.54 Å². The molecule has 4 heteroatoms. The summed E-state index contributed by atoms with van der Waals surface area (Å²) in [5.41, 5.74) is 1.24. The zero-order valence-electron chi connectivity index (χ0n) is 11.0. The normalized spacial score (nSPS) is 12.9. The Morgan fingerprint density at radius 2 is 1.84 bits per heavy atom. The third kappa shape index (κ3) is 4.10. The molecule has 0 amide bonds. The van der Waals surface area contributed by atoms with Gasteiger partial charge in [0.15, 0.2) is 4.67 Å². The number of rotatable bonds is 5. The van der Waals surface area contributed by atoms with Crippen molar-refractivity contribution >= 4 is 27.5 Å². The fourth-order valence-corrected chi connectivity index (χ4v) is 2.53. The molecule has 1 aromatic heterocycles. The van der Waals surface area contributed by atoms with Crippen LogP contribution in [0.4, 0.5) is 0 Å². The van der Waals surface area contributed by atoms with Crippen LogP contribution < -0.4 is 5.32 Å². The molecule has 102 valence electrons. The maximum absolute atomic E-state index is 5.93. The standard InChI is InChI=1S/C15H17BrClNO/c1-10(2)15(11-3-5-12(17)6-4-11)18-9-13-7-8-14(16)19-13/h3-8,10,15,18H,9H2,1-2H3. The molecule has 2 nitrogen and oxygen atoms in total. The van der Waals surface area contributed by atoms with Gasteiger partial charge in [0, 0.05) is 11.1 Å². The third-order valence-electron chi connectivity index (χ3n) is 3.02. The van der Waals surface area contributed by atoms with Gasteiger partial charge in [-0.1, -0.05) is 37.6 Å². The largest absolute Gasteiger partial charge is 0.453 e. The Labute approximate surface area is 127 Å². The molecular formula is C15H17BrClNO. The molecule has 0 aliphatic heterocycles. The van der Waals surface area contributed by atoms with Crippen molar-refractivity contribution < 1.29 is 4.42 Å². The van der Waals surface area contributed by atoms with Crippen molar-refractivity contribution in [2.45, 2.75) is 26.4 Å². The Morgan fingerprint density at radius 1 is 1.16 bits per heavy atom. The van der Waals surface area contributed by atoms with Gasteiger partial charge in [-0.25, -0.2) is 0 Å².